The molecule has 0 spiro atoms. The minimum atomic E-state index is -2.87. The van der Waals surface area contributed by atoms with Crippen LogP contribution in [0.25, 0.3) is 0 Å². The quantitative estimate of drug-likeness (QED) is 0.554. The maximum absolute atomic E-state index is 11.2. The van der Waals surface area contributed by atoms with Crippen LogP contribution in [-0.2, 0) is 13.6 Å². The van der Waals surface area contributed by atoms with Gasteiger partial charge in [-0.25, -0.2) is 0 Å². The van der Waals surface area contributed by atoms with Gasteiger partial charge in [-0.3, -0.25) is 0 Å². The van der Waals surface area contributed by atoms with Crippen LogP contribution in [0.4, 0.5) is 0 Å². The Morgan fingerprint density at radius 1 is 1.40 bits per heavy atom. The van der Waals surface area contributed by atoms with Gasteiger partial charge < -0.3 is 0 Å². The Kier molecular flexibility index (Phi) is 6.13. The predicted octanol–water partition coefficient (Wildman–Crippen LogP) is 2.03. The Morgan fingerprint density at radius 3 is 2.00 bits per heavy atom. The standard InChI is InChI=1S/C4H10ClO3PSe/c1-3-7-9(6,10-5)8-4-2/h3-4H2,1-2H3. The number of rotatable bonds is 5. The molecule has 0 saturated heterocycles. The molecule has 0 N–H and O–H groups in total. The van der Waals surface area contributed by atoms with Crippen molar-refractivity contribution in [1.29, 1.82) is 0 Å². The van der Waals surface area contributed by atoms with E-state index in [2.05, 4.69) is 0 Å². The van der Waals surface area contributed by atoms with Crippen LogP contribution < -0.4 is 0 Å². The van der Waals surface area contributed by atoms with Crippen LogP contribution in [0.3, 0.4) is 0 Å². The van der Waals surface area contributed by atoms with Gasteiger partial charge in [0.15, 0.2) is 0 Å². The van der Waals surface area contributed by atoms with Crippen LogP contribution in [0.1, 0.15) is 13.8 Å². The molecule has 0 aromatic rings. The summed E-state index contributed by atoms with van der Waals surface area (Å²) in [6.45, 7) is 4.28. The van der Waals surface area contributed by atoms with E-state index in [4.69, 9.17) is 19.1 Å². The van der Waals surface area contributed by atoms with E-state index in [0.717, 1.165) is 0 Å². The summed E-state index contributed by atoms with van der Waals surface area (Å²) in [5, 5.41) is 0. The fourth-order valence-electron chi connectivity index (χ4n) is 0.393. The van der Waals surface area contributed by atoms with Crippen molar-refractivity contribution < 1.29 is 13.6 Å². The minimum absolute atomic E-state index is 0.381. The molecule has 0 bridgehead atoms. The average molecular weight is 252 g/mol. The molecule has 0 amide bonds. The topological polar surface area (TPSA) is 35.5 Å². The van der Waals surface area contributed by atoms with E-state index in [9.17, 15) is 4.57 Å². The van der Waals surface area contributed by atoms with Crippen molar-refractivity contribution in [1.82, 2.24) is 0 Å². The molecule has 0 aromatic carbocycles. The number of hydrogen-bond acceptors (Lipinski definition) is 3. The van der Waals surface area contributed by atoms with E-state index in [1.165, 1.54) is 0 Å². The van der Waals surface area contributed by atoms with Gasteiger partial charge in [0, 0.05) is 0 Å². The zero-order valence-electron chi connectivity index (χ0n) is 5.87. The molecule has 0 atom stereocenters. The van der Waals surface area contributed by atoms with Crippen molar-refractivity contribution in [2.45, 2.75) is 13.8 Å². The molecule has 0 saturated carbocycles. The Morgan fingerprint density at radius 2 is 1.80 bits per heavy atom. The second-order valence-electron chi connectivity index (χ2n) is 1.35. The molecule has 0 rings (SSSR count). The third-order valence-electron chi connectivity index (χ3n) is 0.659. The molecule has 0 aliphatic heterocycles. The first-order chi connectivity index (χ1) is 4.68. The van der Waals surface area contributed by atoms with Crippen LogP contribution in [-0.4, -0.2) is 26.8 Å². The monoisotopic (exact) mass is 252 g/mol. The van der Waals surface area contributed by atoms with Gasteiger partial charge in [-0.1, -0.05) is 0 Å². The molecular weight excluding hydrogens is 241 g/mol. The predicted molar refractivity (Wildman–Crippen MR) is 42.5 cm³/mol. The van der Waals surface area contributed by atoms with E-state index in [1.807, 2.05) is 0 Å². The first kappa shape index (κ1) is 11.0. The zero-order valence-corrected chi connectivity index (χ0v) is 9.24. The van der Waals surface area contributed by atoms with E-state index >= 15 is 0 Å². The second-order valence-corrected chi connectivity index (χ2v) is 8.74. The van der Waals surface area contributed by atoms with Crippen LogP contribution in [0.2, 0.25) is 0 Å². The van der Waals surface area contributed by atoms with Gasteiger partial charge in [0.1, 0.15) is 0 Å². The first-order valence-electron chi connectivity index (χ1n) is 2.88. The molecular formula is C4H10ClO3PSe. The summed E-state index contributed by atoms with van der Waals surface area (Å²) in [4.78, 5) is 0. The summed E-state index contributed by atoms with van der Waals surface area (Å²) < 4.78 is 20.9. The van der Waals surface area contributed by atoms with Gasteiger partial charge in [-0.05, 0) is 0 Å². The summed E-state index contributed by atoms with van der Waals surface area (Å²) in [5.74, 6) is 0. The second kappa shape index (κ2) is 5.59. The number of halogens is 1. The van der Waals surface area contributed by atoms with Gasteiger partial charge >= 0.3 is 70.7 Å². The van der Waals surface area contributed by atoms with Crippen LogP contribution in [0.5, 0.6) is 0 Å². The van der Waals surface area contributed by atoms with E-state index in [1.54, 1.807) is 13.8 Å². The summed E-state index contributed by atoms with van der Waals surface area (Å²) in [5.41, 5.74) is 0. The first-order valence-corrected chi connectivity index (χ1v) is 8.89. The van der Waals surface area contributed by atoms with Crippen molar-refractivity contribution in [3.8, 4) is 0 Å². The van der Waals surface area contributed by atoms with Crippen molar-refractivity contribution in [3.05, 3.63) is 0 Å². The van der Waals surface area contributed by atoms with E-state index < -0.39 is 19.9 Å². The Labute approximate surface area is 70.9 Å². The molecule has 0 aliphatic rings. The fourth-order valence-corrected chi connectivity index (χ4v) is 4.25. The Bertz CT molecular complexity index is 122. The van der Waals surface area contributed by atoms with Gasteiger partial charge in [-0.2, -0.15) is 0 Å². The molecule has 0 fully saturated rings. The van der Waals surface area contributed by atoms with Crippen LogP contribution in [0, 0.1) is 0 Å². The summed E-state index contributed by atoms with van der Waals surface area (Å²) >= 11 is -0.584. The average Bonchev–Trinajstić information content (AvgIpc) is 1.89. The molecule has 0 radical (unpaired) electrons. The molecule has 0 aliphatic carbocycles. The molecule has 0 unspecified atom stereocenters. The van der Waals surface area contributed by atoms with Gasteiger partial charge in [-0.15, -0.1) is 0 Å². The molecule has 0 heterocycles. The van der Waals surface area contributed by atoms with Crippen molar-refractivity contribution in [2.24, 2.45) is 0 Å². The van der Waals surface area contributed by atoms with Gasteiger partial charge in [0.05, 0.1) is 0 Å². The molecule has 6 heteroatoms. The zero-order chi connectivity index (χ0) is 8.04. The SMILES string of the molecule is CCOP(=O)(OCC)[Se]Cl. The van der Waals surface area contributed by atoms with Crippen LogP contribution >= 0.6 is 16.4 Å². The molecule has 10 heavy (non-hydrogen) atoms. The van der Waals surface area contributed by atoms with Gasteiger partial charge in [0.25, 0.3) is 0 Å². The van der Waals surface area contributed by atoms with E-state index in [0.29, 0.717) is 13.2 Å². The van der Waals surface area contributed by atoms with Crippen molar-refractivity contribution in [3.63, 3.8) is 0 Å². The number of hydrogen-bond donors (Lipinski definition) is 0. The maximum atomic E-state index is 11.2. The summed E-state index contributed by atoms with van der Waals surface area (Å²) in [6, 6.07) is 0. The molecule has 3 nitrogen and oxygen atoms in total. The van der Waals surface area contributed by atoms with Crippen molar-refractivity contribution in [2.75, 3.05) is 13.2 Å². The Hall–Kier alpha value is 0.959. The van der Waals surface area contributed by atoms with E-state index in [-0.39, 0.29) is 0 Å². The molecule has 0 aromatic heterocycles. The fraction of sp³-hybridized carbons (Fsp3) is 1.00. The molecule has 62 valence electrons. The van der Waals surface area contributed by atoms with Crippen molar-refractivity contribution >= 4 is 30.0 Å². The third-order valence-corrected chi connectivity index (χ3v) is 7.00. The summed E-state index contributed by atoms with van der Waals surface area (Å²) in [6.07, 6.45) is -2.87. The Balaban J connectivity index is 3.83. The van der Waals surface area contributed by atoms with Crippen LogP contribution in [0.15, 0.2) is 0 Å². The third kappa shape index (κ3) is 3.97. The summed E-state index contributed by atoms with van der Waals surface area (Å²) in [7, 11) is 5.42. The normalized spacial score (nSPS) is 11.9. The van der Waals surface area contributed by atoms with Gasteiger partial charge in [0.2, 0.25) is 0 Å².